The normalized spacial score (nSPS) is 11.4. The molecule has 4 nitrogen and oxygen atoms in total. The number of aryl methyl sites for hydroxylation is 2. The van der Waals surface area contributed by atoms with Crippen molar-refractivity contribution < 1.29 is 19.1 Å². The van der Waals surface area contributed by atoms with Gasteiger partial charge in [0.15, 0.2) is 11.5 Å². The molecular weight excluding hydrogens is 448 g/mol. The summed E-state index contributed by atoms with van der Waals surface area (Å²) in [5.74, 6) is -0.726. The lowest BCUT2D eigenvalue weighted by Crippen LogP contribution is -2.11. The molecule has 0 spiro atoms. The minimum atomic E-state index is -0.534. The van der Waals surface area contributed by atoms with E-state index in [1.807, 2.05) is 84.9 Å². The Hall–Kier alpha value is -4.44. The summed E-state index contributed by atoms with van der Waals surface area (Å²) in [6.07, 6.45) is 1.75. The predicted octanol–water partition coefficient (Wildman–Crippen LogP) is 7.35. The minimum absolute atomic E-state index is 0.171. The molecule has 0 radical (unpaired) electrons. The topological polar surface area (TPSA) is 52.6 Å². The number of hydrogen-bond donors (Lipinski definition) is 0. The molecule has 0 amide bonds. The van der Waals surface area contributed by atoms with Crippen molar-refractivity contribution in [1.82, 2.24) is 0 Å². The standard InChI is InChI=1S/C32H28O4/c1-3-23-15-19-27(20-16-23)31(33)35-29(25-11-7-5-8-12-25)30(26-13-9-6-10-14-26)36-32(34)28-21-17-24(4-2)18-22-28/h5-22H,3-4H2,1-2H3/b30-29+. The minimum Gasteiger partial charge on any atom is -0.418 e. The monoisotopic (exact) mass is 476 g/mol. The Labute approximate surface area is 211 Å². The van der Waals surface area contributed by atoms with Crippen molar-refractivity contribution in [3.05, 3.63) is 143 Å². The van der Waals surface area contributed by atoms with Gasteiger partial charge in [-0.05, 0) is 48.2 Å². The maximum Gasteiger partial charge on any atom is 0.343 e. The predicted molar refractivity (Wildman–Crippen MR) is 142 cm³/mol. The third kappa shape index (κ3) is 5.97. The van der Waals surface area contributed by atoms with Crippen molar-refractivity contribution in [2.75, 3.05) is 0 Å². The largest absolute Gasteiger partial charge is 0.418 e. The molecule has 0 unspecified atom stereocenters. The SMILES string of the molecule is CCc1ccc(C(=O)O/C(=C(/OC(=O)c2ccc(CC)cc2)c2ccccc2)c2ccccc2)cc1. The van der Waals surface area contributed by atoms with Gasteiger partial charge in [0.1, 0.15) is 0 Å². The third-order valence-electron chi connectivity index (χ3n) is 5.86. The molecule has 4 aromatic rings. The highest BCUT2D eigenvalue weighted by atomic mass is 16.6. The number of carbonyl (C=O) groups excluding carboxylic acids is 2. The second-order valence-corrected chi connectivity index (χ2v) is 8.27. The second-order valence-electron chi connectivity index (χ2n) is 8.27. The van der Waals surface area contributed by atoms with Crippen LogP contribution in [0.2, 0.25) is 0 Å². The zero-order chi connectivity index (χ0) is 25.3. The zero-order valence-corrected chi connectivity index (χ0v) is 20.4. The Kier molecular flexibility index (Phi) is 8.09. The average Bonchev–Trinajstić information content (AvgIpc) is 2.95. The van der Waals surface area contributed by atoms with E-state index in [0.29, 0.717) is 22.3 Å². The van der Waals surface area contributed by atoms with Crippen LogP contribution in [0.1, 0.15) is 56.8 Å². The molecule has 0 saturated heterocycles. The van der Waals surface area contributed by atoms with E-state index in [1.165, 1.54) is 0 Å². The number of ether oxygens (including phenoxy) is 2. The van der Waals surface area contributed by atoms with Crippen LogP contribution in [0.5, 0.6) is 0 Å². The van der Waals surface area contributed by atoms with Gasteiger partial charge in [0.2, 0.25) is 0 Å². The highest BCUT2D eigenvalue weighted by Gasteiger charge is 2.22. The fraction of sp³-hybridized carbons (Fsp3) is 0.125. The van der Waals surface area contributed by atoms with Crippen LogP contribution in [0.15, 0.2) is 109 Å². The molecule has 0 aliphatic rings. The number of carbonyl (C=O) groups is 2. The molecule has 0 heterocycles. The number of esters is 2. The average molecular weight is 477 g/mol. The summed E-state index contributed by atoms with van der Waals surface area (Å²) in [5.41, 5.74) is 4.30. The molecule has 4 aromatic carbocycles. The smallest absolute Gasteiger partial charge is 0.343 e. The lowest BCUT2D eigenvalue weighted by Gasteiger charge is -2.16. The molecule has 36 heavy (non-hydrogen) atoms. The van der Waals surface area contributed by atoms with Crippen LogP contribution in [0.4, 0.5) is 0 Å². The third-order valence-corrected chi connectivity index (χ3v) is 5.86. The Morgan fingerprint density at radius 3 is 1.11 bits per heavy atom. The summed E-state index contributed by atoms with van der Waals surface area (Å²) in [6.45, 7) is 4.11. The van der Waals surface area contributed by atoms with Crippen molar-refractivity contribution in [3.63, 3.8) is 0 Å². The first-order valence-corrected chi connectivity index (χ1v) is 12.1. The molecule has 0 fully saturated rings. The van der Waals surface area contributed by atoms with Gasteiger partial charge in [0, 0.05) is 11.1 Å². The molecule has 0 aromatic heterocycles. The Morgan fingerprint density at radius 2 is 0.806 bits per heavy atom. The summed E-state index contributed by atoms with van der Waals surface area (Å²) in [4.78, 5) is 26.4. The number of benzene rings is 4. The maximum absolute atomic E-state index is 13.2. The van der Waals surface area contributed by atoms with Crippen molar-refractivity contribution in [3.8, 4) is 0 Å². The van der Waals surface area contributed by atoms with Gasteiger partial charge in [0.05, 0.1) is 11.1 Å². The van der Waals surface area contributed by atoms with Crippen LogP contribution >= 0.6 is 0 Å². The van der Waals surface area contributed by atoms with Crippen LogP contribution in [0, 0.1) is 0 Å². The van der Waals surface area contributed by atoms with Gasteiger partial charge in [-0.2, -0.15) is 0 Å². The summed E-state index contributed by atoms with van der Waals surface area (Å²) < 4.78 is 11.9. The fourth-order valence-corrected chi connectivity index (χ4v) is 3.71. The lowest BCUT2D eigenvalue weighted by atomic mass is 10.1. The number of hydrogen-bond acceptors (Lipinski definition) is 4. The molecule has 0 bridgehead atoms. The second kappa shape index (κ2) is 11.8. The van der Waals surface area contributed by atoms with E-state index in [1.54, 1.807) is 24.3 Å². The molecule has 4 heteroatoms. The van der Waals surface area contributed by atoms with Crippen molar-refractivity contribution >= 4 is 23.5 Å². The van der Waals surface area contributed by atoms with E-state index >= 15 is 0 Å². The summed E-state index contributed by atoms with van der Waals surface area (Å²) in [6, 6.07) is 33.0. The first kappa shape index (κ1) is 24.7. The van der Waals surface area contributed by atoms with E-state index in [2.05, 4.69) is 13.8 Å². The van der Waals surface area contributed by atoms with Crippen molar-refractivity contribution in [2.24, 2.45) is 0 Å². The number of rotatable bonds is 8. The van der Waals surface area contributed by atoms with E-state index in [4.69, 9.17) is 9.47 Å². The van der Waals surface area contributed by atoms with Gasteiger partial charge in [-0.3, -0.25) is 0 Å². The fourth-order valence-electron chi connectivity index (χ4n) is 3.71. The molecule has 0 atom stereocenters. The van der Waals surface area contributed by atoms with Gasteiger partial charge in [-0.15, -0.1) is 0 Å². The van der Waals surface area contributed by atoms with E-state index in [9.17, 15) is 9.59 Å². The molecular formula is C32H28O4. The quantitative estimate of drug-likeness (QED) is 0.152. The van der Waals surface area contributed by atoms with Gasteiger partial charge in [-0.25, -0.2) is 9.59 Å². The van der Waals surface area contributed by atoms with Crippen LogP contribution in [0.25, 0.3) is 11.5 Å². The zero-order valence-electron chi connectivity index (χ0n) is 20.4. The molecule has 180 valence electrons. The van der Waals surface area contributed by atoms with Gasteiger partial charge in [-0.1, -0.05) is 98.8 Å². The summed E-state index contributed by atoms with van der Waals surface area (Å²) in [5, 5.41) is 0. The van der Waals surface area contributed by atoms with E-state index in [-0.39, 0.29) is 11.5 Å². The van der Waals surface area contributed by atoms with Gasteiger partial charge >= 0.3 is 11.9 Å². The highest BCUT2D eigenvalue weighted by Crippen LogP contribution is 2.30. The highest BCUT2D eigenvalue weighted by molar-refractivity contribution is 6.00. The lowest BCUT2D eigenvalue weighted by molar-refractivity contribution is 0.0646. The van der Waals surface area contributed by atoms with Crippen LogP contribution < -0.4 is 0 Å². The van der Waals surface area contributed by atoms with Crippen LogP contribution in [-0.4, -0.2) is 11.9 Å². The molecule has 4 rings (SSSR count). The van der Waals surface area contributed by atoms with E-state index in [0.717, 1.165) is 24.0 Å². The van der Waals surface area contributed by atoms with Crippen molar-refractivity contribution in [2.45, 2.75) is 26.7 Å². The first-order chi connectivity index (χ1) is 17.6. The van der Waals surface area contributed by atoms with Crippen LogP contribution in [0.3, 0.4) is 0 Å². The van der Waals surface area contributed by atoms with Crippen LogP contribution in [-0.2, 0) is 22.3 Å². The maximum atomic E-state index is 13.2. The van der Waals surface area contributed by atoms with Gasteiger partial charge < -0.3 is 9.47 Å². The molecule has 0 aliphatic carbocycles. The Balaban J connectivity index is 1.78. The summed E-state index contributed by atoms with van der Waals surface area (Å²) >= 11 is 0. The molecule has 0 aliphatic heterocycles. The van der Waals surface area contributed by atoms with Gasteiger partial charge in [0.25, 0.3) is 0 Å². The van der Waals surface area contributed by atoms with E-state index < -0.39 is 11.9 Å². The Morgan fingerprint density at radius 1 is 0.472 bits per heavy atom. The molecule has 0 N–H and O–H groups in total. The first-order valence-electron chi connectivity index (χ1n) is 12.1. The van der Waals surface area contributed by atoms with Crippen molar-refractivity contribution in [1.29, 1.82) is 0 Å². The Bertz CT molecular complexity index is 1230. The molecule has 0 saturated carbocycles. The summed E-state index contributed by atoms with van der Waals surface area (Å²) in [7, 11) is 0.